The molecule has 0 aliphatic heterocycles. The van der Waals surface area contributed by atoms with Gasteiger partial charge in [0.25, 0.3) is 5.69 Å². The van der Waals surface area contributed by atoms with Crippen molar-refractivity contribution in [2.75, 3.05) is 5.32 Å². The number of anilines is 1. The number of nitrogens with zero attached hydrogens (tertiary/aromatic N) is 3. The zero-order valence-corrected chi connectivity index (χ0v) is 15.0. The van der Waals surface area contributed by atoms with Crippen molar-refractivity contribution in [1.82, 2.24) is 10.2 Å². The Morgan fingerprint density at radius 1 is 1.11 bits per heavy atom. The molecule has 0 saturated carbocycles. The average Bonchev–Trinajstić information content (AvgIpc) is 3.19. The van der Waals surface area contributed by atoms with Crippen LogP contribution >= 0.6 is 0 Å². The van der Waals surface area contributed by atoms with Crippen LogP contribution in [0, 0.1) is 10.1 Å². The molecular formula is C20H20N4O3. The second-order valence-corrected chi connectivity index (χ2v) is 6.77. The molecule has 1 aliphatic rings. The molecular weight excluding hydrogens is 344 g/mol. The van der Waals surface area contributed by atoms with Gasteiger partial charge in [-0.2, -0.15) is 0 Å². The van der Waals surface area contributed by atoms with E-state index in [1.807, 2.05) is 6.92 Å². The number of hydrogen-bond donors (Lipinski definition) is 1. The van der Waals surface area contributed by atoms with E-state index in [9.17, 15) is 10.1 Å². The van der Waals surface area contributed by atoms with Crippen LogP contribution < -0.4 is 5.32 Å². The van der Waals surface area contributed by atoms with Crippen molar-refractivity contribution < 1.29 is 9.34 Å². The molecule has 7 nitrogen and oxygen atoms in total. The first-order valence-electron chi connectivity index (χ1n) is 9.07. The summed E-state index contributed by atoms with van der Waals surface area (Å²) in [5.74, 6) is 0.834. The largest absolute Gasteiger partial charge is 0.418 e. The van der Waals surface area contributed by atoms with Gasteiger partial charge < -0.3 is 9.73 Å². The summed E-state index contributed by atoms with van der Waals surface area (Å²) in [6.45, 7) is 1.98. The predicted molar refractivity (Wildman–Crippen MR) is 102 cm³/mol. The van der Waals surface area contributed by atoms with Gasteiger partial charge in [-0.05, 0) is 61.9 Å². The first-order valence-corrected chi connectivity index (χ1v) is 9.07. The molecule has 2 aromatic carbocycles. The van der Waals surface area contributed by atoms with E-state index in [4.69, 9.17) is 4.42 Å². The molecule has 0 unspecified atom stereocenters. The third-order valence-electron chi connectivity index (χ3n) is 4.90. The van der Waals surface area contributed by atoms with Gasteiger partial charge in [0.05, 0.1) is 4.92 Å². The monoisotopic (exact) mass is 364 g/mol. The minimum Gasteiger partial charge on any atom is -0.418 e. The van der Waals surface area contributed by atoms with Gasteiger partial charge in [0.15, 0.2) is 0 Å². The van der Waals surface area contributed by atoms with Crippen LogP contribution in [0.2, 0.25) is 0 Å². The first-order chi connectivity index (χ1) is 13.1. The summed E-state index contributed by atoms with van der Waals surface area (Å²) in [5, 5.41) is 22.5. The Morgan fingerprint density at radius 2 is 1.89 bits per heavy atom. The second kappa shape index (κ2) is 7.19. The molecule has 0 fully saturated rings. The smallest absolute Gasteiger partial charge is 0.269 e. The van der Waals surface area contributed by atoms with E-state index in [0.717, 1.165) is 18.5 Å². The fourth-order valence-electron chi connectivity index (χ4n) is 3.46. The molecule has 0 amide bonds. The minimum absolute atomic E-state index is 0.0300. The molecule has 7 heteroatoms. The maximum atomic E-state index is 10.8. The number of non-ortho nitro benzene ring substituents is 1. The van der Waals surface area contributed by atoms with Crippen molar-refractivity contribution >= 4 is 11.4 Å². The molecule has 0 bridgehead atoms. The summed E-state index contributed by atoms with van der Waals surface area (Å²) >= 11 is 0. The number of nitro groups is 1. The molecule has 0 radical (unpaired) electrons. The quantitative estimate of drug-likeness (QED) is 0.521. The van der Waals surface area contributed by atoms with E-state index in [1.165, 1.54) is 36.1 Å². The molecule has 138 valence electrons. The van der Waals surface area contributed by atoms with E-state index < -0.39 is 4.92 Å². The van der Waals surface area contributed by atoms with Crippen molar-refractivity contribution in [3.63, 3.8) is 0 Å². The molecule has 1 aromatic heterocycles. The number of aromatic nitrogens is 2. The van der Waals surface area contributed by atoms with Crippen LogP contribution in [-0.2, 0) is 12.8 Å². The van der Waals surface area contributed by atoms with E-state index in [2.05, 4.69) is 33.7 Å². The summed E-state index contributed by atoms with van der Waals surface area (Å²) in [6.07, 6.45) is 4.67. The summed E-state index contributed by atoms with van der Waals surface area (Å²) < 4.78 is 5.79. The molecule has 0 saturated heterocycles. The number of fused-ring (bicyclic) bond motifs is 1. The molecule has 27 heavy (non-hydrogen) atoms. The maximum Gasteiger partial charge on any atom is 0.269 e. The number of aryl methyl sites for hydroxylation is 1. The van der Waals surface area contributed by atoms with Crippen LogP contribution in [-0.4, -0.2) is 15.1 Å². The molecule has 1 aliphatic carbocycles. The third-order valence-corrected chi connectivity index (χ3v) is 4.90. The highest BCUT2D eigenvalue weighted by molar-refractivity contribution is 5.57. The first kappa shape index (κ1) is 17.2. The maximum absolute atomic E-state index is 10.8. The van der Waals surface area contributed by atoms with Gasteiger partial charge in [0.2, 0.25) is 11.8 Å². The highest BCUT2D eigenvalue weighted by Crippen LogP contribution is 2.31. The van der Waals surface area contributed by atoms with Crippen LogP contribution in [0.1, 0.15) is 42.8 Å². The van der Waals surface area contributed by atoms with E-state index in [1.54, 1.807) is 12.1 Å². The fourth-order valence-corrected chi connectivity index (χ4v) is 3.46. The highest BCUT2D eigenvalue weighted by atomic mass is 16.6. The number of nitrogens with one attached hydrogen (secondary N) is 1. The number of benzene rings is 2. The van der Waals surface area contributed by atoms with Crippen LogP contribution in [0.5, 0.6) is 0 Å². The van der Waals surface area contributed by atoms with Crippen molar-refractivity contribution in [3.05, 3.63) is 69.6 Å². The molecule has 1 N–H and O–H groups in total. The van der Waals surface area contributed by atoms with Crippen molar-refractivity contribution in [2.24, 2.45) is 0 Å². The summed E-state index contributed by atoms with van der Waals surface area (Å²) in [6, 6.07) is 12.3. The lowest BCUT2D eigenvalue weighted by atomic mass is 9.90. The minimum atomic E-state index is -0.435. The van der Waals surface area contributed by atoms with Gasteiger partial charge in [0, 0.05) is 23.4 Å². The van der Waals surface area contributed by atoms with E-state index in [0.29, 0.717) is 17.3 Å². The van der Waals surface area contributed by atoms with Gasteiger partial charge in [-0.1, -0.05) is 12.1 Å². The van der Waals surface area contributed by atoms with Crippen molar-refractivity contribution in [2.45, 2.75) is 38.6 Å². The summed E-state index contributed by atoms with van der Waals surface area (Å²) in [4.78, 5) is 10.3. The molecule has 3 aromatic rings. The Morgan fingerprint density at radius 3 is 2.67 bits per heavy atom. The Balaban J connectivity index is 1.52. The number of rotatable bonds is 5. The molecule has 4 rings (SSSR count). The zero-order chi connectivity index (χ0) is 18.8. The predicted octanol–water partition coefficient (Wildman–Crippen LogP) is 4.70. The molecule has 1 heterocycles. The normalized spacial score (nSPS) is 14.4. The third kappa shape index (κ3) is 3.53. The van der Waals surface area contributed by atoms with Crippen molar-refractivity contribution in [3.8, 4) is 11.5 Å². The highest BCUT2D eigenvalue weighted by Gasteiger charge is 2.19. The summed E-state index contributed by atoms with van der Waals surface area (Å²) in [5.41, 5.74) is 4.60. The van der Waals surface area contributed by atoms with Crippen LogP contribution in [0.4, 0.5) is 11.4 Å². The van der Waals surface area contributed by atoms with Gasteiger partial charge in [-0.3, -0.25) is 10.1 Å². The Labute approximate surface area is 156 Å². The van der Waals surface area contributed by atoms with Gasteiger partial charge in [-0.15, -0.1) is 10.2 Å². The number of nitro benzene ring substituents is 1. The summed E-state index contributed by atoms with van der Waals surface area (Å²) in [7, 11) is 0. The zero-order valence-electron chi connectivity index (χ0n) is 15.0. The van der Waals surface area contributed by atoms with E-state index in [-0.39, 0.29) is 11.7 Å². The number of hydrogen-bond acceptors (Lipinski definition) is 6. The van der Waals surface area contributed by atoms with Crippen LogP contribution in [0.25, 0.3) is 11.5 Å². The Bertz CT molecular complexity index is 966. The Hall–Kier alpha value is -3.22. The molecule has 0 spiro atoms. The van der Waals surface area contributed by atoms with E-state index >= 15 is 0 Å². The molecule has 1 atom stereocenters. The fraction of sp³-hybridized carbons (Fsp3) is 0.300. The second-order valence-electron chi connectivity index (χ2n) is 6.77. The van der Waals surface area contributed by atoms with Crippen molar-refractivity contribution in [1.29, 1.82) is 0 Å². The lowest BCUT2D eigenvalue weighted by molar-refractivity contribution is -0.384. The van der Waals surface area contributed by atoms with Crippen LogP contribution in [0.3, 0.4) is 0 Å². The Kier molecular flexibility index (Phi) is 4.58. The van der Waals surface area contributed by atoms with Crippen LogP contribution in [0.15, 0.2) is 46.9 Å². The standard InChI is InChI=1S/C20H20N4O3/c1-13(21-18-8-4-6-14-5-2-3-7-17(14)18)19-22-23-20(27-19)15-9-11-16(12-10-15)24(25)26/h4,6,8-13,21H,2-3,5,7H2,1H3/t13-/m0/s1. The lowest BCUT2D eigenvalue weighted by Crippen LogP contribution is -2.12. The lowest BCUT2D eigenvalue weighted by Gasteiger charge is -2.21. The van der Waals surface area contributed by atoms with Gasteiger partial charge in [0.1, 0.15) is 6.04 Å². The van der Waals surface area contributed by atoms with Gasteiger partial charge >= 0.3 is 0 Å². The average molecular weight is 364 g/mol. The SMILES string of the molecule is C[C@H](Nc1cccc2c1CCCC2)c1nnc(-c2ccc([N+](=O)[O-])cc2)o1. The topological polar surface area (TPSA) is 94.1 Å². The van der Waals surface area contributed by atoms with Gasteiger partial charge in [-0.25, -0.2) is 0 Å².